The molecule has 0 radical (unpaired) electrons. The Morgan fingerprint density at radius 1 is 1.62 bits per heavy atom. The van der Waals surface area contributed by atoms with Crippen LogP contribution >= 0.6 is 0 Å². The molecule has 0 spiro atoms. The lowest BCUT2D eigenvalue weighted by atomic mass is 9.85. The maximum atomic E-state index is 10.7. The molecule has 0 aromatic rings. The summed E-state index contributed by atoms with van der Waals surface area (Å²) in [6.07, 6.45) is 3.43. The van der Waals surface area contributed by atoms with Crippen molar-refractivity contribution in [2.24, 2.45) is 5.92 Å². The standard InChI is InChI=1S/C6H11NO/c1-7-6(8)5-3-2-4-5/h5H,2-4H2,1H3,(H,7,8). The Kier molecular flexibility index (Phi) is 1.51. The molecule has 0 heterocycles. The van der Waals surface area contributed by atoms with E-state index in [1.165, 1.54) is 6.42 Å². The average Bonchev–Trinajstić information content (AvgIpc) is 1.62. The molecule has 2 nitrogen and oxygen atoms in total. The van der Waals surface area contributed by atoms with Crippen LogP contribution in [0.4, 0.5) is 0 Å². The van der Waals surface area contributed by atoms with Crippen molar-refractivity contribution in [1.29, 1.82) is 0 Å². The Bertz CT molecular complexity index is 96.7. The van der Waals surface area contributed by atoms with Gasteiger partial charge in [-0.3, -0.25) is 4.79 Å². The van der Waals surface area contributed by atoms with Crippen molar-refractivity contribution in [3.63, 3.8) is 0 Å². The van der Waals surface area contributed by atoms with Gasteiger partial charge in [0.25, 0.3) is 0 Å². The maximum absolute atomic E-state index is 10.7. The first-order valence-corrected chi connectivity index (χ1v) is 3.06. The van der Waals surface area contributed by atoms with Crippen LogP contribution < -0.4 is 5.32 Å². The van der Waals surface area contributed by atoms with Gasteiger partial charge in [-0.05, 0) is 12.8 Å². The number of hydrogen-bond donors (Lipinski definition) is 1. The molecule has 1 saturated carbocycles. The molecule has 0 saturated heterocycles. The molecule has 1 N–H and O–H groups in total. The Hall–Kier alpha value is -0.530. The van der Waals surface area contributed by atoms with Crippen LogP contribution in [0.15, 0.2) is 0 Å². The molecule has 8 heavy (non-hydrogen) atoms. The summed E-state index contributed by atoms with van der Waals surface area (Å²) in [6.45, 7) is 0. The first-order valence-electron chi connectivity index (χ1n) is 3.06. The third-order valence-corrected chi connectivity index (χ3v) is 1.72. The van der Waals surface area contributed by atoms with Gasteiger partial charge in [-0.15, -0.1) is 0 Å². The molecule has 46 valence electrons. The summed E-state index contributed by atoms with van der Waals surface area (Å²) >= 11 is 0. The highest BCUT2D eigenvalue weighted by Gasteiger charge is 2.23. The van der Waals surface area contributed by atoms with E-state index in [1.54, 1.807) is 7.05 Å². The second kappa shape index (κ2) is 2.16. The largest absolute Gasteiger partial charge is 0.359 e. The van der Waals surface area contributed by atoms with Crippen molar-refractivity contribution in [3.8, 4) is 0 Å². The number of hydrogen-bond acceptors (Lipinski definition) is 1. The van der Waals surface area contributed by atoms with E-state index < -0.39 is 0 Å². The molecule has 0 unspecified atom stereocenters. The fourth-order valence-electron chi connectivity index (χ4n) is 0.875. The molecule has 0 aromatic carbocycles. The topological polar surface area (TPSA) is 29.1 Å². The van der Waals surface area contributed by atoms with Gasteiger partial charge in [0.15, 0.2) is 0 Å². The number of carbonyl (C=O) groups is 1. The second-order valence-electron chi connectivity index (χ2n) is 2.24. The SMILES string of the molecule is CNC(=O)C1CCC1. The lowest BCUT2D eigenvalue weighted by Gasteiger charge is -2.22. The summed E-state index contributed by atoms with van der Waals surface area (Å²) in [6, 6.07) is 0. The minimum Gasteiger partial charge on any atom is -0.359 e. The first kappa shape index (κ1) is 5.60. The van der Waals surface area contributed by atoms with Gasteiger partial charge < -0.3 is 5.32 Å². The average molecular weight is 113 g/mol. The first-order chi connectivity index (χ1) is 3.84. The van der Waals surface area contributed by atoms with Crippen LogP contribution in [0.5, 0.6) is 0 Å². The number of nitrogens with one attached hydrogen (secondary N) is 1. The van der Waals surface area contributed by atoms with Crippen LogP contribution in [0.3, 0.4) is 0 Å². The minimum atomic E-state index is 0.219. The van der Waals surface area contributed by atoms with Crippen LogP contribution in [-0.4, -0.2) is 13.0 Å². The fraction of sp³-hybridized carbons (Fsp3) is 0.833. The zero-order valence-corrected chi connectivity index (χ0v) is 5.11. The second-order valence-corrected chi connectivity index (χ2v) is 2.24. The molecular weight excluding hydrogens is 102 g/mol. The molecule has 0 aromatic heterocycles. The molecule has 1 amide bonds. The Labute approximate surface area is 49.3 Å². The van der Waals surface area contributed by atoms with Crippen molar-refractivity contribution in [3.05, 3.63) is 0 Å². The van der Waals surface area contributed by atoms with E-state index in [9.17, 15) is 4.79 Å². The highest BCUT2D eigenvalue weighted by Crippen LogP contribution is 2.25. The molecular formula is C6H11NO. The Balaban J connectivity index is 2.24. The summed E-state index contributed by atoms with van der Waals surface area (Å²) in [5, 5.41) is 2.63. The summed E-state index contributed by atoms with van der Waals surface area (Å²) < 4.78 is 0. The predicted molar refractivity (Wildman–Crippen MR) is 31.4 cm³/mol. The molecule has 0 aliphatic heterocycles. The monoisotopic (exact) mass is 113 g/mol. The van der Waals surface area contributed by atoms with Gasteiger partial charge in [0, 0.05) is 13.0 Å². The summed E-state index contributed by atoms with van der Waals surface area (Å²) in [4.78, 5) is 10.7. The van der Waals surface area contributed by atoms with Crippen LogP contribution in [-0.2, 0) is 4.79 Å². The summed E-state index contributed by atoms with van der Waals surface area (Å²) in [5.41, 5.74) is 0. The molecule has 0 bridgehead atoms. The predicted octanol–water partition coefficient (Wildman–Crippen LogP) is 0.532. The smallest absolute Gasteiger partial charge is 0.222 e. The number of amides is 1. The quantitative estimate of drug-likeness (QED) is 0.528. The fourth-order valence-corrected chi connectivity index (χ4v) is 0.875. The number of rotatable bonds is 1. The van der Waals surface area contributed by atoms with E-state index in [2.05, 4.69) is 5.32 Å². The third kappa shape index (κ3) is 0.831. The van der Waals surface area contributed by atoms with E-state index >= 15 is 0 Å². The molecule has 1 rings (SSSR count). The normalized spacial score (nSPS) is 19.6. The minimum absolute atomic E-state index is 0.219. The van der Waals surface area contributed by atoms with Crippen LogP contribution in [0.2, 0.25) is 0 Å². The van der Waals surface area contributed by atoms with E-state index in [0.29, 0.717) is 5.92 Å². The summed E-state index contributed by atoms with van der Waals surface area (Å²) in [7, 11) is 1.70. The zero-order valence-electron chi connectivity index (χ0n) is 5.11. The highest BCUT2D eigenvalue weighted by molar-refractivity contribution is 5.78. The highest BCUT2D eigenvalue weighted by atomic mass is 16.1. The van der Waals surface area contributed by atoms with E-state index in [1.807, 2.05) is 0 Å². The van der Waals surface area contributed by atoms with Crippen molar-refractivity contribution < 1.29 is 4.79 Å². The zero-order chi connectivity index (χ0) is 5.98. The number of carbonyl (C=O) groups excluding carboxylic acids is 1. The molecule has 0 atom stereocenters. The van der Waals surface area contributed by atoms with Crippen LogP contribution in [0.1, 0.15) is 19.3 Å². The van der Waals surface area contributed by atoms with Gasteiger partial charge in [-0.2, -0.15) is 0 Å². The van der Waals surface area contributed by atoms with Gasteiger partial charge >= 0.3 is 0 Å². The van der Waals surface area contributed by atoms with Crippen LogP contribution in [0.25, 0.3) is 0 Å². The van der Waals surface area contributed by atoms with Crippen LogP contribution in [0, 0.1) is 5.92 Å². The molecule has 1 fully saturated rings. The lowest BCUT2D eigenvalue weighted by molar-refractivity contribution is -0.126. The van der Waals surface area contributed by atoms with Gasteiger partial charge in [0.1, 0.15) is 0 Å². The Morgan fingerprint density at radius 2 is 2.25 bits per heavy atom. The van der Waals surface area contributed by atoms with Crippen molar-refractivity contribution in [2.45, 2.75) is 19.3 Å². The lowest BCUT2D eigenvalue weighted by Crippen LogP contribution is -2.31. The maximum Gasteiger partial charge on any atom is 0.222 e. The summed E-state index contributed by atoms with van der Waals surface area (Å²) in [5.74, 6) is 0.566. The van der Waals surface area contributed by atoms with Gasteiger partial charge in [-0.1, -0.05) is 6.42 Å². The van der Waals surface area contributed by atoms with Gasteiger partial charge in [-0.25, -0.2) is 0 Å². The Morgan fingerprint density at radius 3 is 2.38 bits per heavy atom. The third-order valence-electron chi connectivity index (χ3n) is 1.72. The van der Waals surface area contributed by atoms with Crippen molar-refractivity contribution in [2.75, 3.05) is 7.05 Å². The molecule has 2 heteroatoms. The van der Waals surface area contributed by atoms with E-state index in [4.69, 9.17) is 0 Å². The van der Waals surface area contributed by atoms with Gasteiger partial charge in [0.05, 0.1) is 0 Å². The van der Waals surface area contributed by atoms with Crippen molar-refractivity contribution >= 4 is 5.91 Å². The van der Waals surface area contributed by atoms with E-state index in [0.717, 1.165) is 12.8 Å². The van der Waals surface area contributed by atoms with Gasteiger partial charge in [0.2, 0.25) is 5.91 Å². The van der Waals surface area contributed by atoms with E-state index in [-0.39, 0.29) is 5.91 Å². The molecule has 1 aliphatic carbocycles. The molecule has 1 aliphatic rings. The van der Waals surface area contributed by atoms with Crippen molar-refractivity contribution in [1.82, 2.24) is 5.32 Å².